The van der Waals surface area contributed by atoms with Crippen molar-refractivity contribution in [1.82, 2.24) is 5.32 Å². The molecule has 0 fully saturated rings. The summed E-state index contributed by atoms with van der Waals surface area (Å²) in [6.45, 7) is 0.891. The average Bonchev–Trinajstić information content (AvgIpc) is 2.36. The summed E-state index contributed by atoms with van der Waals surface area (Å²) < 4.78 is 27.3. The molecule has 2 aromatic carbocycles. The summed E-state index contributed by atoms with van der Waals surface area (Å²) in [6, 6.07) is 11.3. The van der Waals surface area contributed by atoms with Gasteiger partial charge in [0.15, 0.2) is 0 Å². The van der Waals surface area contributed by atoms with Crippen molar-refractivity contribution in [2.75, 3.05) is 0 Å². The van der Waals surface area contributed by atoms with Crippen molar-refractivity contribution >= 4 is 15.9 Å². The van der Waals surface area contributed by atoms with Crippen LogP contribution >= 0.6 is 15.9 Å². The van der Waals surface area contributed by atoms with Crippen molar-refractivity contribution in [3.05, 3.63) is 69.7 Å². The number of hydrogen-bond donors (Lipinski definition) is 1. The van der Waals surface area contributed by atoms with Gasteiger partial charge >= 0.3 is 0 Å². The van der Waals surface area contributed by atoms with Crippen LogP contribution in [0.3, 0.4) is 0 Å². The van der Waals surface area contributed by atoms with Crippen LogP contribution in [0.2, 0.25) is 0 Å². The molecule has 0 heterocycles. The molecule has 0 atom stereocenters. The number of rotatable bonds is 4. The van der Waals surface area contributed by atoms with Gasteiger partial charge in [-0.1, -0.05) is 34.1 Å². The summed E-state index contributed by atoms with van der Waals surface area (Å²) in [4.78, 5) is 0. The second-order valence-corrected chi connectivity index (χ2v) is 4.79. The van der Waals surface area contributed by atoms with Gasteiger partial charge in [0.2, 0.25) is 0 Å². The third-order valence-corrected chi connectivity index (χ3v) is 3.37. The fourth-order valence-electron chi connectivity index (χ4n) is 1.65. The van der Waals surface area contributed by atoms with E-state index in [1.54, 1.807) is 0 Å². The summed E-state index contributed by atoms with van der Waals surface area (Å²) >= 11 is 3.43. The van der Waals surface area contributed by atoms with Gasteiger partial charge in [0.05, 0.1) is 0 Å². The van der Waals surface area contributed by atoms with E-state index in [9.17, 15) is 8.78 Å². The van der Waals surface area contributed by atoms with Crippen molar-refractivity contribution in [3.63, 3.8) is 0 Å². The molecule has 0 aliphatic carbocycles. The summed E-state index contributed by atoms with van der Waals surface area (Å²) in [5, 5.41) is 3.09. The molecule has 2 rings (SSSR count). The predicted octanol–water partition coefficient (Wildman–Crippen LogP) is 4.02. The highest BCUT2D eigenvalue weighted by Gasteiger charge is 2.04. The molecule has 0 aliphatic heterocycles. The molecule has 18 heavy (non-hydrogen) atoms. The van der Waals surface area contributed by atoms with Gasteiger partial charge in [0, 0.05) is 23.1 Å². The molecule has 1 N–H and O–H groups in total. The molecule has 0 radical (unpaired) electrons. The Labute approximate surface area is 113 Å². The standard InChI is InChI=1S/C14H12BrF2N/c15-13-4-2-1-3-10(13)8-18-9-11-7-12(16)5-6-14(11)17/h1-7,18H,8-9H2. The average molecular weight is 312 g/mol. The first kappa shape index (κ1) is 13.2. The molecule has 94 valence electrons. The van der Waals surface area contributed by atoms with Gasteiger partial charge < -0.3 is 5.32 Å². The van der Waals surface area contributed by atoms with Gasteiger partial charge in [-0.2, -0.15) is 0 Å². The Morgan fingerprint density at radius 2 is 1.67 bits per heavy atom. The molecule has 0 aliphatic rings. The molecule has 4 heteroatoms. The lowest BCUT2D eigenvalue weighted by atomic mass is 10.2. The first-order valence-corrected chi connectivity index (χ1v) is 6.34. The molecule has 0 spiro atoms. The zero-order valence-electron chi connectivity index (χ0n) is 9.59. The Morgan fingerprint density at radius 3 is 2.44 bits per heavy atom. The van der Waals surface area contributed by atoms with Crippen LogP contribution in [0.5, 0.6) is 0 Å². The SMILES string of the molecule is Fc1ccc(F)c(CNCc2ccccc2Br)c1. The molecule has 0 saturated carbocycles. The van der Waals surface area contributed by atoms with E-state index in [4.69, 9.17) is 0 Å². The normalized spacial score (nSPS) is 10.6. The van der Waals surface area contributed by atoms with Crippen LogP contribution in [0, 0.1) is 11.6 Å². The zero-order chi connectivity index (χ0) is 13.0. The highest BCUT2D eigenvalue weighted by atomic mass is 79.9. The maximum Gasteiger partial charge on any atom is 0.127 e. The fourth-order valence-corrected chi connectivity index (χ4v) is 2.08. The zero-order valence-corrected chi connectivity index (χ0v) is 11.2. The van der Waals surface area contributed by atoms with Gasteiger partial charge in [-0.25, -0.2) is 8.78 Å². The lowest BCUT2D eigenvalue weighted by molar-refractivity contribution is 0.568. The van der Waals surface area contributed by atoms with Crippen LogP contribution in [-0.4, -0.2) is 0 Å². The fraction of sp³-hybridized carbons (Fsp3) is 0.143. The van der Waals surface area contributed by atoms with Crippen LogP contribution in [-0.2, 0) is 13.1 Å². The number of halogens is 3. The molecule has 0 saturated heterocycles. The first-order chi connectivity index (χ1) is 8.66. The number of benzene rings is 2. The number of hydrogen-bond acceptors (Lipinski definition) is 1. The minimum absolute atomic E-state index is 0.297. The second kappa shape index (κ2) is 6.07. The van der Waals surface area contributed by atoms with Crippen LogP contribution in [0.4, 0.5) is 8.78 Å². The van der Waals surface area contributed by atoms with Crippen LogP contribution < -0.4 is 5.32 Å². The Bertz CT molecular complexity index is 543. The molecule has 0 unspecified atom stereocenters. The molecule has 2 aromatic rings. The third kappa shape index (κ3) is 3.37. The lowest BCUT2D eigenvalue weighted by Gasteiger charge is -2.07. The van der Waals surface area contributed by atoms with E-state index in [1.165, 1.54) is 6.07 Å². The summed E-state index contributed by atoms with van der Waals surface area (Å²) in [6.07, 6.45) is 0. The maximum atomic E-state index is 13.4. The quantitative estimate of drug-likeness (QED) is 0.899. The molecule has 0 aromatic heterocycles. The first-order valence-electron chi connectivity index (χ1n) is 5.55. The van der Waals surface area contributed by atoms with E-state index >= 15 is 0 Å². The summed E-state index contributed by atoms with van der Waals surface area (Å²) in [5.74, 6) is -0.815. The Balaban J connectivity index is 1.96. The summed E-state index contributed by atoms with van der Waals surface area (Å²) in [5.41, 5.74) is 1.41. The van der Waals surface area contributed by atoms with Gasteiger partial charge in [-0.3, -0.25) is 0 Å². The third-order valence-electron chi connectivity index (χ3n) is 2.60. The minimum Gasteiger partial charge on any atom is -0.308 e. The highest BCUT2D eigenvalue weighted by molar-refractivity contribution is 9.10. The Kier molecular flexibility index (Phi) is 4.44. The largest absolute Gasteiger partial charge is 0.308 e. The van der Waals surface area contributed by atoms with E-state index in [2.05, 4.69) is 21.2 Å². The van der Waals surface area contributed by atoms with Crippen molar-refractivity contribution < 1.29 is 8.78 Å². The molecular weight excluding hydrogens is 300 g/mol. The van der Waals surface area contributed by atoms with E-state index in [1.807, 2.05) is 24.3 Å². The Morgan fingerprint density at radius 1 is 0.944 bits per heavy atom. The smallest absolute Gasteiger partial charge is 0.127 e. The predicted molar refractivity (Wildman–Crippen MR) is 71.0 cm³/mol. The van der Waals surface area contributed by atoms with Crippen LogP contribution in [0.15, 0.2) is 46.9 Å². The molecule has 1 nitrogen and oxygen atoms in total. The number of nitrogens with one attached hydrogen (secondary N) is 1. The molecule has 0 amide bonds. The minimum atomic E-state index is -0.422. The van der Waals surface area contributed by atoms with E-state index in [-0.39, 0.29) is 0 Å². The molecule has 0 bridgehead atoms. The van der Waals surface area contributed by atoms with Gasteiger partial charge in [0.25, 0.3) is 0 Å². The van der Waals surface area contributed by atoms with Gasteiger partial charge in [-0.05, 0) is 29.8 Å². The summed E-state index contributed by atoms with van der Waals surface area (Å²) in [7, 11) is 0. The lowest BCUT2D eigenvalue weighted by Crippen LogP contribution is -2.14. The van der Waals surface area contributed by atoms with E-state index in [0.717, 1.165) is 22.2 Å². The van der Waals surface area contributed by atoms with Crippen molar-refractivity contribution in [2.24, 2.45) is 0 Å². The molecular formula is C14H12BrF2N. The van der Waals surface area contributed by atoms with E-state index < -0.39 is 11.6 Å². The van der Waals surface area contributed by atoms with E-state index in [0.29, 0.717) is 18.7 Å². The van der Waals surface area contributed by atoms with Crippen molar-refractivity contribution in [3.8, 4) is 0 Å². The van der Waals surface area contributed by atoms with Gasteiger partial charge in [-0.15, -0.1) is 0 Å². The highest BCUT2D eigenvalue weighted by Crippen LogP contribution is 2.16. The monoisotopic (exact) mass is 311 g/mol. The van der Waals surface area contributed by atoms with Crippen molar-refractivity contribution in [1.29, 1.82) is 0 Å². The van der Waals surface area contributed by atoms with Gasteiger partial charge in [0.1, 0.15) is 11.6 Å². The van der Waals surface area contributed by atoms with Crippen molar-refractivity contribution in [2.45, 2.75) is 13.1 Å². The topological polar surface area (TPSA) is 12.0 Å². The maximum absolute atomic E-state index is 13.4. The van der Waals surface area contributed by atoms with Crippen LogP contribution in [0.1, 0.15) is 11.1 Å². The second-order valence-electron chi connectivity index (χ2n) is 3.93. The van der Waals surface area contributed by atoms with Crippen LogP contribution in [0.25, 0.3) is 0 Å². The Hall–Kier alpha value is -1.26.